The maximum absolute atomic E-state index is 13.1. The van der Waals surface area contributed by atoms with Crippen LogP contribution in [0.3, 0.4) is 0 Å². The van der Waals surface area contributed by atoms with E-state index in [9.17, 15) is 9.18 Å². The van der Waals surface area contributed by atoms with E-state index in [0.29, 0.717) is 18.6 Å². The van der Waals surface area contributed by atoms with Crippen molar-refractivity contribution < 1.29 is 13.9 Å². The number of carbonyl (C=O) groups excluding carboxylic acids is 1. The lowest BCUT2D eigenvalue weighted by atomic mass is 10.0. The molecule has 0 spiro atoms. The summed E-state index contributed by atoms with van der Waals surface area (Å²) >= 11 is 0. The van der Waals surface area contributed by atoms with Gasteiger partial charge in [-0.05, 0) is 55.7 Å². The number of aldehydes is 1. The fraction of sp³-hybridized carbons (Fsp3) is 0.235. The van der Waals surface area contributed by atoms with E-state index in [0.717, 1.165) is 16.7 Å². The molecule has 3 heteroatoms. The molecule has 0 saturated heterocycles. The highest BCUT2D eigenvalue weighted by Crippen LogP contribution is 2.22. The van der Waals surface area contributed by atoms with Gasteiger partial charge in [0.1, 0.15) is 18.2 Å². The Bertz CT molecular complexity index is 624. The second-order valence-corrected chi connectivity index (χ2v) is 4.97. The average molecular weight is 272 g/mol. The fourth-order valence-corrected chi connectivity index (χ4v) is 2.33. The van der Waals surface area contributed by atoms with Crippen LogP contribution >= 0.6 is 0 Å². The van der Waals surface area contributed by atoms with E-state index in [1.165, 1.54) is 23.8 Å². The van der Waals surface area contributed by atoms with Gasteiger partial charge in [-0.1, -0.05) is 17.7 Å². The van der Waals surface area contributed by atoms with Gasteiger partial charge in [-0.25, -0.2) is 4.39 Å². The third-order valence-electron chi connectivity index (χ3n) is 3.31. The summed E-state index contributed by atoms with van der Waals surface area (Å²) < 4.78 is 18.7. The van der Waals surface area contributed by atoms with Crippen molar-refractivity contribution in [1.82, 2.24) is 0 Å². The molecule has 0 aliphatic heterocycles. The summed E-state index contributed by atoms with van der Waals surface area (Å²) in [7, 11) is 0. The number of hydrogen-bond acceptors (Lipinski definition) is 2. The SMILES string of the molecule is Cc1cc(C)c(COc2ccc(F)cc2C=O)c(C)c1. The number of halogens is 1. The number of aryl methyl sites for hydroxylation is 3. The molecule has 0 aliphatic rings. The topological polar surface area (TPSA) is 26.3 Å². The van der Waals surface area contributed by atoms with Crippen LogP contribution in [0.1, 0.15) is 32.6 Å². The Morgan fingerprint density at radius 3 is 2.35 bits per heavy atom. The number of hydrogen-bond donors (Lipinski definition) is 0. The quantitative estimate of drug-likeness (QED) is 0.782. The second kappa shape index (κ2) is 5.87. The van der Waals surface area contributed by atoms with E-state index >= 15 is 0 Å². The van der Waals surface area contributed by atoms with Crippen LogP contribution in [0, 0.1) is 26.6 Å². The minimum Gasteiger partial charge on any atom is -0.488 e. The number of carbonyl (C=O) groups is 1. The highest BCUT2D eigenvalue weighted by molar-refractivity contribution is 5.79. The highest BCUT2D eigenvalue weighted by Gasteiger charge is 2.08. The van der Waals surface area contributed by atoms with E-state index in [4.69, 9.17) is 4.74 Å². The molecule has 2 rings (SSSR count). The molecule has 0 aliphatic carbocycles. The predicted molar refractivity (Wildman–Crippen MR) is 76.8 cm³/mol. The van der Waals surface area contributed by atoms with Crippen molar-refractivity contribution in [1.29, 1.82) is 0 Å². The van der Waals surface area contributed by atoms with Crippen LogP contribution in [0.15, 0.2) is 30.3 Å². The molecule has 0 amide bonds. The molecular formula is C17H17FO2. The molecule has 2 nitrogen and oxygen atoms in total. The normalized spacial score (nSPS) is 10.4. The minimum absolute atomic E-state index is 0.229. The van der Waals surface area contributed by atoms with Gasteiger partial charge in [-0.2, -0.15) is 0 Å². The van der Waals surface area contributed by atoms with Gasteiger partial charge in [0.2, 0.25) is 0 Å². The number of ether oxygens (including phenoxy) is 1. The molecule has 2 aromatic rings. The van der Waals surface area contributed by atoms with E-state index in [2.05, 4.69) is 19.1 Å². The Labute approximate surface area is 118 Å². The summed E-state index contributed by atoms with van der Waals surface area (Å²) in [6.45, 7) is 6.48. The standard InChI is InChI=1S/C17H17FO2/c1-11-6-12(2)16(13(3)7-11)10-20-17-5-4-15(18)8-14(17)9-19/h4-9H,10H2,1-3H3. The third kappa shape index (κ3) is 3.05. The Balaban J connectivity index is 2.23. The van der Waals surface area contributed by atoms with Crippen molar-refractivity contribution in [2.75, 3.05) is 0 Å². The van der Waals surface area contributed by atoms with Crippen LogP contribution in [0.2, 0.25) is 0 Å². The Kier molecular flexibility index (Phi) is 4.18. The van der Waals surface area contributed by atoms with Crippen LogP contribution in [0.4, 0.5) is 4.39 Å². The minimum atomic E-state index is -0.442. The van der Waals surface area contributed by atoms with Crippen LogP contribution in [-0.2, 0) is 6.61 Å². The molecule has 0 fully saturated rings. The molecule has 0 heterocycles. The van der Waals surface area contributed by atoms with Gasteiger partial charge in [0.05, 0.1) is 5.56 Å². The first-order valence-electron chi connectivity index (χ1n) is 6.45. The summed E-state index contributed by atoms with van der Waals surface area (Å²) in [5, 5.41) is 0. The van der Waals surface area contributed by atoms with E-state index in [-0.39, 0.29) is 5.56 Å². The lowest BCUT2D eigenvalue weighted by Crippen LogP contribution is -2.03. The predicted octanol–water partition coefficient (Wildman–Crippen LogP) is 4.14. The molecule has 0 unspecified atom stereocenters. The molecule has 0 N–H and O–H groups in total. The monoisotopic (exact) mass is 272 g/mol. The van der Waals surface area contributed by atoms with E-state index in [1.54, 1.807) is 0 Å². The molecule has 104 valence electrons. The highest BCUT2D eigenvalue weighted by atomic mass is 19.1. The van der Waals surface area contributed by atoms with Gasteiger partial charge in [0.25, 0.3) is 0 Å². The first kappa shape index (κ1) is 14.3. The molecule has 0 atom stereocenters. The molecule has 0 aromatic heterocycles. The molecule has 0 bridgehead atoms. The Hall–Kier alpha value is -2.16. The average Bonchev–Trinajstić information content (AvgIpc) is 2.38. The Morgan fingerprint density at radius 1 is 1.10 bits per heavy atom. The van der Waals surface area contributed by atoms with Crippen molar-refractivity contribution in [3.05, 3.63) is 64.0 Å². The summed E-state index contributed by atoms with van der Waals surface area (Å²) in [4.78, 5) is 10.9. The fourth-order valence-electron chi connectivity index (χ4n) is 2.33. The molecule has 20 heavy (non-hydrogen) atoms. The molecular weight excluding hydrogens is 255 g/mol. The lowest BCUT2D eigenvalue weighted by Gasteiger charge is -2.13. The molecule has 0 radical (unpaired) electrons. The van der Waals surface area contributed by atoms with Crippen LogP contribution in [-0.4, -0.2) is 6.29 Å². The smallest absolute Gasteiger partial charge is 0.153 e. The van der Waals surface area contributed by atoms with Crippen molar-refractivity contribution in [3.63, 3.8) is 0 Å². The maximum atomic E-state index is 13.1. The zero-order valence-electron chi connectivity index (χ0n) is 11.9. The maximum Gasteiger partial charge on any atom is 0.153 e. The lowest BCUT2D eigenvalue weighted by molar-refractivity contribution is 0.111. The van der Waals surface area contributed by atoms with Gasteiger partial charge < -0.3 is 4.74 Å². The summed E-state index contributed by atoms with van der Waals surface area (Å²) in [5.41, 5.74) is 4.83. The van der Waals surface area contributed by atoms with Crippen molar-refractivity contribution >= 4 is 6.29 Å². The Morgan fingerprint density at radius 2 is 1.75 bits per heavy atom. The zero-order chi connectivity index (χ0) is 14.7. The summed E-state index contributed by atoms with van der Waals surface area (Å²) in [5.74, 6) is -0.0390. The number of rotatable bonds is 4. The van der Waals surface area contributed by atoms with Crippen LogP contribution < -0.4 is 4.74 Å². The van der Waals surface area contributed by atoms with E-state index in [1.807, 2.05) is 13.8 Å². The van der Waals surface area contributed by atoms with Crippen molar-refractivity contribution in [3.8, 4) is 5.75 Å². The zero-order valence-corrected chi connectivity index (χ0v) is 11.9. The van der Waals surface area contributed by atoms with Crippen LogP contribution in [0.5, 0.6) is 5.75 Å². The molecule has 0 saturated carbocycles. The van der Waals surface area contributed by atoms with Gasteiger partial charge >= 0.3 is 0 Å². The van der Waals surface area contributed by atoms with Gasteiger partial charge in [0.15, 0.2) is 6.29 Å². The van der Waals surface area contributed by atoms with Gasteiger partial charge in [0, 0.05) is 0 Å². The first-order chi connectivity index (χ1) is 9.51. The van der Waals surface area contributed by atoms with Gasteiger partial charge in [-0.15, -0.1) is 0 Å². The van der Waals surface area contributed by atoms with Crippen molar-refractivity contribution in [2.24, 2.45) is 0 Å². The van der Waals surface area contributed by atoms with Crippen molar-refractivity contribution in [2.45, 2.75) is 27.4 Å². The first-order valence-corrected chi connectivity index (χ1v) is 6.45. The summed E-state index contributed by atoms with van der Waals surface area (Å²) in [6, 6.07) is 8.14. The van der Waals surface area contributed by atoms with Crippen LogP contribution in [0.25, 0.3) is 0 Å². The van der Waals surface area contributed by atoms with E-state index < -0.39 is 5.82 Å². The largest absolute Gasteiger partial charge is 0.488 e. The van der Waals surface area contributed by atoms with Gasteiger partial charge in [-0.3, -0.25) is 4.79 Å². The third-order valence-corrected chi connectivity index (χ3v) is 3.31. The second-order valence-electron chi connectivity index (χ2n) is 4.97. The summed E-state index contributed by atoms with van der Waals surface area (Å²) in [6.07, 6.45) is 0.604. The molecule has 2 aromatic carbocycles. The number of benzene rings is 2.